The van der Waals surface area contributed by atoms with Crippen molar-refractivity contribution in [2.75, 3.05) is 6.54 Å². The predicted octanol–water partition coefficient (Wildman–Crippen LogP) is 2.64. The van der Waals surface area contributed by atoms with Crippen molar-refractivity contribution in [2.45, 2.75) is 51.7 Å². The van der Waals surface area contributed by atoms with Crippen LogP contribution in [0.5, 0.6) is 0 Å². The summed E-state index contributed by atoms with van der Waals surface area (Å²) in [6, 6.07) is 5.94. The average molecular weight is 313 g/mol. The molecule has 1 aromatic heterocycles. The highest BCUT2D eigenvalue weighted by Crippen LogP contribution is 2.47. The van der Waals surface area contributed by atoms with Crippen LogP contribution in [-0.4, -0.2) is 44.6 Å². The van der Waals surface area contributed by atoms with Gasteiger partial charge in [0.1, 0.15) is 5.82 Å². The summed E-state index contributed by atoms with van der Waals surface area (Å²) in [5.74, 6) is 0.962. The zero-order chi connectivity index (χ0) is 16.2. The molecule has 2 heterocycles. The van der Waals surface area contributed by atoms with Gasteiger partial charge in [-0.3, -0.25) is 4.79 Å². The summed E-state index contributed by atoms with van der Waals surface area (Å²) in [5.41, 5.74) is 2.58. The van der Waals surface area contributed by atoms with Crippen molar-refractivity contribution in [3.05, 3.63) is 29.6 Å². The molecular formula is C18H23N3O2. The Bertz CT molecular complexity index is 769. The first-order valence-electron chi connectivity index (χ1n) is 8.42. The van der Waals surface area contributed by atoms with E-state index in [2.05, 4.69) is 16.9 Å². The number of aliphatic hydroxyl groups is 1. The van der Waals surface area contributed by atoms with Crippen molar-refractivity contribution >= 4 is 16.9 Å². The maximum absolute atomic E-state index is 13.0. The van der Waals surface area contributed by atoms with Gasteiger partial charge in [-0.2, -0.15) is 0 Å². The van der Waals surface area contributed by atoms with Crippen molar-refractivity contribution in [1.29, 1.82) is 0 Å². The number of rotatable bonds is 1. The van der Waals surface area contributed by atoms with E-state index in [9.17, 15) is 9.90 Å². The minimum Gasteiger partial charge on any atom is -0.393 e. The fourth-order valence-corrected chi connectivity index (χ4v) is 4.49. The Hall–Kier alpha value is -1.88. The zero-order valence-electron chi connectivity index (χ0n) is 13.7. The van der Waals surface area contributed by atoms with Gasteiger partial charge in [0.05, 0.1) is 17.1 Å². The van der Waals surface area contributed by atoms with Gasteiger partial charge in [-0.1, -0.05) is 6.92 Å². The molecule has 0 radical (unpaired) electrons. The largest absolute Gasteiger partial charge is 0.393 e. The highest BCUT2D eigenvalue weighted by Gasteiger charge is 2.48. The average Bonchev–Trinajstić information content (AvgIpc) is 3.03. The van der Waals surface area contributed by atoms with Crippen molar-refractivity contribution < 1.29 is 9.90 Å². The van der Waals surface area contributed by atoms with Gasteiger partial charge in [0.2, 0.25) is 0 Å². The fourth-order valence-electron chi connectivity index (χ4n) is 4.49. The van der Waals surface area contributed by atoms with E-state index in [1.165, 1.54) is 0 Å². The number of benzene rings is 1. The van der Waals surface area contributed by atoms with Crippen molar-refractivity contribution in [2.24, 2.45) is 5.41 Å². The number of aliphatic hydroxyl groups excluding tert-OH is 1. The van der Waals surface area contributed by atoms with Crippen LogP contribution >= 0.6 is 0 Å². The first-order chi connectivity index (χ1) is 11.0. The molecule has 1 amide bonds. The van der Waals surface area contributed by atoms with Crippen LogP contribution in [0.3, 0.4) is 0 Å². The molecule has 0 bridgehead atoms. The van der Waals surface area contributed by atoms with E-state index in [0.717, 1.165) is 54.6 Å². The Labute approximate surface area is 135 Å². The Morgan fingerprint density at radius 3 is 3.09 bits per heavy atom. The zero-order valence-corrected chi connectivity index (χ0v) is 13.7. The number of H-pyrrole nitrogens is 1. The molecule has 1 saturated carbocycles. The molecule has 3 atom stereocenters. The molecule has 5 nitrogen and oxygen atoms in total. The molecule has 122 valence electrons. The summed E-state index contributed by atoms with van der Waals surface area (Å²) in [5, 5.41) is 9.97. The second-order valence-corrected chi connectivity index (χ2v) is 7.41. The number of carbonyl (C=O) groups excluding carboxylic acids is 1. The van der Waals surface area contributed by atoms with E-state index in [1.54, 1.807) is 0 Å². The highest BCUT2D eigenvalue weighted by molar-refractivity contribution is 5.97. The molecular weight excluding hydrogens is 290 g/mol. The van der Waals surface area contributed by atoms with Crippen molar-refractivity contribution in [3.63, 3.8) is 0 Å². The number of hydrogen-bond acceptors (Lipinski definition) is 3. The molecule has 1 aliphatic heterocycles. The van der Waals surface area contributed by atoms with Crippen LogP contribution in [-0.2, 0) is 0 Å². The van der Waals surface area contributed by atoms with E-state index >= 15 is 0 Å². The lowest BCUT2D eigenvalue weighted by molar-refractivity contribution is 0.0211. The van der Waals surface area contributed by atoms with Gasteiger partial charge < -0.3 is 15.0 Å². The number of amides is 1. The number of likely N-dealkylation sites (tertiary alicyclic amines) is 1. The number of fused-ring (bicyclic) bond motifs is 2. The summed E-state index contributed by atoms with van der Waals surface area (Å²) in [4.78, 5) is 22.6. The molecule has 1 saturated heterocycles. The van der Waals surface area contributed by atoms with E-state index < -0.39 is 0 Å². The quantitative estimate of drug-likeness (QED) is 0.850. The molecule has 4 rings (SSSR count). The number of hydrogen-bond donors (Lipinski definition) is 2. The lowest BCUT2D eigenvalue weighted by Crippen LogP contribution is -2.46. The lowest BCUT2D eigenvalue weighted by atomic mass is 9.71. The van der Waals surface area contributed by atoms with E-state index in [0.29, 0.717) is 0 Å². The summed E-state index contributed by atoms with van der Waals surface area (Å²) >= 11 is 0. The minimum absolute atomic E-state index is 0.0575. The fraction of sp³-hybridized carbons (Fsp3) is 0.556. The summed E-state index contributed by atoms with van der Waals surface area (Å²) in [6.07, 6.45) is 3.26. The highest BCUT2D eigenvalue weighted by atomic mass is 16.3. The van der Waals surface area contributed by atoms with E-state index in [4.69, 9.17) is 0 Å². The predicted molar refractivity (Wildman–Crippen MR) is 88.2 cm³/mol. The number of aromatic nitrogens is 2. The standard InChI is InChI=1S/C18H23N3O2/c1-11-19-14-5-3-12(9-15(14)20-11)17(23)21-8-7-18(2)10-13(22)4-6-16(18)21/h3,5,9,13,16,22H,4,6-8,10H2,1-2H3,(H,19,20)/t13-,16-,18+/m1/s1. The molecule has 5 heteroatoms. The number of nitrogens with one attached hydrogen (secondary N) is 1. The number of nitrogens with zero attached hydrogens (tertiary/aromatic N) is 2. The Balaban J connectivity index is 1.63. The van der Waals surface area contributed by atoms with Gasteiger partial charge in [-0.25, -0.2) is 4.98 Å². The van der Waals surface area contributed by atoms with E-state index in [1.807, 2.05) is 30.0 Å². The minimum atomic E-state index is -0.212. The molecule has 2 fully saturated rings. The maximum Gasteiger partial charge on any atom is 0.254 e. The first-order valence-corrected chi connectivity index (χ1v) is 8.42. The second kappa shape index (κ2) is 5.06. The van der Waals surface area contributed by atoms with Gasteiger partial charge in [0.25, 0.3) is 5.91 Å². The topological polar surface area (TPSA) is 69.2 Å². The van der Waals surface area contributed by atoms with Crippen LogP contribution in [0.1, 0.15) is 48.8 Å². The number of aryl methyl sites for hydroxylation is 1. The van der Waals surface area contributed by atoms with Gasteiger partial charge >= 0.3 is 0 Å². The van der Waals surface area contributed by atoms with Crippen LogP contribution in [0, 0.1) is 12.3 Å². The molecule has 2 aliphatic rings. The Morgan fingerprint density at radius 2 is 2.26 bits per heavy atom. The van der Waals surface area contributed by atoms with Gasteiger partial charge in [0, 0.05) is 18.2 Å². The molecule has 23 heavy (non-hydrogen) atoms. The molecule has 1 aromatic carbocycles. The van der Waals surface area contributed by atoms with Crippen molar-refractivity contribution in [3.8, 4) is 0 Å². The molecule has 0 spiro atoms. The number of carbonyl (C=O) groups is 1. The maximum atomic E-state index is 13.0. The van der Waals surface area contributed by atoms with Crippen LogP contribution in [0.2, 0.25) is 0 Å². The van der Waals surface area contributed by atoms with E-state index in [-0.39, 0.29) is 23.5 Å². The van der Waals surface area contributed by atoms with Crippen molar-refractivity contribution in [1.82, 2.24) is 14.9 Å². The monoisotopic (exact) mass is 313 g/mol. The third kappa shape index (κ3) is 2.34. The molecule has 0 unspecified atom stereocenters. The number of aromatic amines is 1. The van der Waals surface area contributed by atoms with Crippen LogP contribution in [0.25, 0.3) is 11.0 Å². The molecule has 2 N–H and O–H groups in total. The summed E-state index contributed by atoms with van der Waals surface area (Å²) in [7, 11) is 0. The third-order valence-corrected chi connectivity index (χ3v) is 5.69. The Morgan fingerprint density at radius 1 is 1.43 bits per heavy atom. The van der Waals surface area contributed by atoms with Crippen LogP contribution in [0.4, 0.5) is 0 Å². The summed E-state index contributed by atoms with van der Waals surface area (Å²) in [6.45, 7) is 4.92. The number of imidazole rings is 1. The molecule has 2 aromatic rings. The van der Waals surface area contributed by atoms with Crippen LogP contribution in [0.15, 0.2) is 18.2 Å². The first kappa shape index (κ1) is 14.7. The van der Waals surface area contributed by atoms with Gasteiger partial charge in [0.15, 0.2) is 0 Å². The molecule has 1 aliphatic carbocycles. The summed E-state index contributed by atoms with van der Waals surface area (Å²) < 4.78 is 0. The SMILES string of the molecule is Cc1nc2ccc(C(=O)N3CC[C@@]4(C)C[C@H](O)CC[C@@H]34)cc2[nH]1. The third-order valence-electron chi connectivity index (χ3n) is 5.69. The van der Waals surface area contributed by atoms with Gasteiger partial charge in [-0.15, -0.1) is 0 Å². The van der Waals surface area contributed by atoms with Crippen LogP contribution < -0.4 is 0 Å². The lowest BCUT2D eigenvalue weighted by Gasteiger charge is -2.41. The smallest absolute Gasteiger partial charge is 0.254 e. The normalized spacial score (nSPS) is 30.7. The Kier molecular flexibility index (Phi) is 3.23. The second-order valence-electron chi connectivity index (χ2n) is 7.41. The van der Waals surface area contributed by atoms with Gasteiger partial charge in [-0.05, 0) is 56.2 Å².